The van der Waals surface area contributed by atoms with Crippen molar-refractivity contribution >= 4 is 5.78 Å². The molecule has 0 N–H and O–H groups in total. The highest BCUT2D eigenvalue weighted by Gasteiger charge is 2.20. The summed E-state index contributed by atoms with van der Waals surface area (Å²) in [7, 11) is 0. The number of morpholine rings is 1. The molecule has 0 amide bonds. The molecular formula is C17H23NO4. The molecule has 3 rings (SSSR count). The van der Waals surface area contributed by atoms with Crippen LogP contribution in [0.4, 0.5) is 0 Å². The van der Waals surface area contributed by atoms with Crippen molar-refractivity contribution in [1.82, 2.24) is 4.90 Å². The average molecular weight is 305 g/mol. The Bertz CT molecular complexity index is 538. The number of ketones is 1. The first-order chi connectivity index (χ1) is 10.8. The van der Waals surface area contributed by atoms with Crippen LogP contribution in [0, 0.1) is 0 Å². The van der Waals surface area contributed by atoms with E-state index in [0.29, 0.717) is 25.4 Å². The van der Waals surface area contributed by atoms with Crippen molar-refractivity contribution in [1.29, 1.82) is 0 Å². The van der Waals surface area contributed by atoms with Crippen molar-refractivity contribution in [3.63, 3.8) is 0 Å². The lowest BCUT2D eigenvalue weighted by molar-refractivity contribution is 0.0370. The number of fused-ring (bicyclic) bond motifs is 1. The van der Waals surface area contributed by atoms with Gasteiger partial charge >= 0.3 is 0 Å². The third-order valence-electron chi connectivity index (χ3n) is 4.21. The fraction of sp³-hybridized carbons (Fsp3) is 0.588. The van der Waals surface area contributed by atoms with E-state index in [1.807, 2.05) is 12.1 Å². The van der Waals surface area contributed by atoms with Gasteiger partial charge in [-0.15, -0.1) is 0 Å². The summed E-state index contributed by atoms with van der Waals surface area (Å²) in [5.41, 5.74) is 1.82. The zero-order valence-electron chi connectivity index (χ0n) is 13.1. The van der Waals surface area contributed by atoms with E-state index in [4.69, 9.17) is 14.2 Å². The molecule has 0 spiro atoms. The molecule has 0 unspecified atom stereocenters. The standard InChI is InChI=1S/C17H23NO4/c1-2-13-11-16-17(22-10-9-21-16)12-14(13)15(19)3-4-18-5-7-20-8-6-18/h11-12H,2-10H2,1H3. The van der Waals surface area contributed by atoms with Crippen molar-refractivity contribution in [3.05, 3.63) is 23.3 Å². The van der Waals surface area contributed by atoms with Gasteiger partial charge in [0.05, 0.1) is 13.2 Å². The molecule has 1 aromatic carbocycles. The second-order valence-electron chi connectivity index (χ2n) is 5.63. The number of carbonyl (C=O) groups excluding carboxylic acids is 1. The molecule has 120 valence electrons. The molecule has 1 saturated heterocycles. The Balaban J connectivity index is 1.70. The molecule has 0 saturated carbocycles. The molecule has 5 nitrogen and oxygen atoms in total. The summed E-state index contributed by atoms with van der Waals surface area (Å²) in [6, 6.07) is 3.81. The van der Waals surface area contributed by atoms with Crippen LogP contribution >= 0.6 is 0 Å². The predicted molar refractivity (Wildman–Crippen MR) is 83.0 cm³/mol. The fourth-order valence-corrected chi connectivity index (χ4v) is 2.90. The number of aryl methyl sites for hydroxylation is 1. The zero-order chi connectivity index (χ0) is 15.4. The van der Waals surface area contributed by atoms with Gasteiger partial charge in [-0.25, -0.2) is 0 Å². The second-order valence-corrected chi connectivity index (χ2v) is 5.63. The maximum absolute atomic E-state index is 12.6. The van der Waals surface area contributed by atoms with Gasteiger partial charge in [0.1, 0.15) is 13.2 Å². The number of benzene rings is 1. The molecule has 2 aliphatic heterocycles. The second kappa shape index (κ2) is 7.11. The van der Waals surface area contributed by atoms with Gasteiger partial charge in [-0.1, -0.05) is 6.92 Å². The average Bonchev–Trinajstić information content (AvgIpc) is 2.59. The van der Waals surface area contributed by atoms with Gasteiger partial charge in [-0.3, -0.25) is 9.69 Å². The van der Waals surface area contributed by atoms with Gasteiger partial charge in [0.25, 0.3) is 0 Å². The topological polar surface area (TPSA) is 48.0 Å². The van der Waals surface area contributed by atoms with Crippen molar-refractivity contribution < 1.29 is 19.0 Å². The molecule has 0 radical (unpaired) electrons. The summed E-state index contributed by atoms with van der Waals surface area (Å²) in [5.74, 6) is 1.63. The first-order valence-electron chi connectivity index (χ1n) is 8.03. The first kappa shape index (κ1) is 15.3. The SMILES string of the molecule is CCc1cc2c(cc1C(=O)CCN1CCOCC1)OCCO2. The lowest BCUT2D eigenvalue weighted by atomic mass is 9.98. The van der Waals surface area contributed by atoms with Crippen LogP contribution < -0.4 is 9.47 Å². The monoisotopic (exact) mass is 305 g/mol. The summed E-state index contributed by atoms with van der Waals surface area (Å²) >= 11 is 0. The van der Waals surface area contributed by atoms with E-state index in [0.717, 1.165) is 56.1 Å². The summed E-state index contributed by atoms with van der Waals surface area (Å²) in [5, 5.41) is 0. The Morgan fingerprint density at radius 3 is 2.45 bits per heavy atom. The Labute approximate surface area is 131 Å². The van der Waals surface area contributed by atoms with Crippen LogP contribution in [0.15, 0.2) is 12.1 Å². The summed E-state index contributed by atoms with van der Waals surface area (Å²) in [6.07, 6.45) is 1.35. The van der Waals surface area contributed by atoms with Gasteiger partial charge in [0, 0.05) is 31.6 Å². The molecular weight excluding hydrogens is 282 g/mol. The minimum Gasteiger partial charge on any atom is -0.486 e. The molecule has 1 aromatic rings. The van der Waals surface area contributed by atoms with Crippen LogP contribution in [0.25, 0.3) is 0 Å². The molecule has 5 heteroatoms. The third-order valence-corrected chi connectivity index (χ3v) is 4.21. The van der Waals surface area contributed by atoms with E-state index in [2.05, 4.69) is 11.8 Å². The molecule has 2 heterocycles. The number of hydrogen-bond acceptors (Lipinski definition) is 5. The number of rotatable bonds is 5. The Morgan fingerprint density at radius 1 is 1.09 bits per heavy atom. The van der Waals surface area contributed by atoms with E-state index >= 15 is 0 Å². The highest BCUT2D eigenvalue weighted by atomic mass is 16.6. The van der Waals surface area contributed by atoms with Crippen LogP contribution in [0.2, 0.25) is 0 Å². The Hall–Kier alpha value is -1.59. The summed E-state index contributed by atoms with van der Waals surface area (Å²) in [4.78, 5) is 14.9. The maximum Gasteiger partial charge on any atom is 0.164 e. The highest BCUT2D eigenvalue weighted by Crippen LogP contribution is 2.34. The van der Waals surface area contributed by atoms with Crippen LogP contribution in [-0.4, -0.2) is 56.7 Å². The summed E-state index contributed by atoms with van der Waals surface area (Å²) < 4.78 is 16.5. The van der Waals surface area contributed by atoms with Crippen molar-refractivity contribution in [3.8, 4) is 11.5 Å². The number of nitrogens with zero attached hydrogens (tertiary/aromatic N) is 1. The van der Waals surface area contributed by atoms with Gasteiger partial charge in [0.2, 0.25) is 0 Å². The number of carbonyl (C=O) groups is 1. The van der Waals surface area contributed by atoms with E-state index in [1.54, 1.807) is 0 Å². The molecule has 0 aliphatic carbocycles. The van der Waals surface area contributed by atoms with Crippen molar-refractivity contribution in [2.75, 3.05) is 46.1 Å². The predicted octanol–water partition coefficient (Wildman–Crippen LogP) is 1.93. The number of Topliss-reactive ketones (excluding diaryl/α,β-unsaturated/α-hetero) is 1. The zero-order valence-corrected chi connectivity index (χ0v) is 13.1. The normalized spacial score (nSPS) is 18.2. The molecule has 0 bridgehead atoms. The minimum atomic E-state index is 0.181. The van der Waals surface area contributed by atoms with E-state index in [-0.39, 0.29) is 5.78 Å². The van der Waals surface area contributed by atoms with Gasteiger partial charge in [0.15, 0.2) is 17.3 Å². The van der Waals surface area contributed by atoms with Crippen molar-refractivity contribution in [2.24, 2.45) is 0 Å². The Morgan fingerprint density at radius 2 is 1.77 bits per heavy atom. The maximum atomic E-state index is 12.6. The van der Waals surface area contributed by atoms with E-state index in [9.17, 15) is 4.79 Å². The minimum absolute atomic E-state index is 0.181. The van der Waals surface area contributed by atoms with E-state index < -0.39 is 0 Å². The van der Waals surface area contributed by atoms with Gasteiger partial charge in [-0.05, 0) is 24.1 Å². The summed E-state index contributed by atoms with van der Waals surface area (Å²) in [6.45, 7) is 7.31. The quantitative estimate of drug-likeness (QED) is 0.778. The van der Waals surface area contributed by atoms with Crippen LogP contribution in [-0.2, 0) is 11.2 Å². The van der Waals surface area contributed by atoms with E-state index in [1.165, 1.54) is 0 Å². The lowest BCUT2D eigenvalue weighted by Crippen LogP contribution is -2.37. The van der Waals surface area contributed by atoms with Crippen molar-refractivity contribution in [2.45, 2.75) is 19.8 Å². The fourth-order valence-electron chi connectivity index (χ4n) is 2.90. The van der Waals surface area contributed by atoms with Crippen LogP contribution in [0.1, 0.15) is 29.3 Å². The molecule has 1 fully saturated rings. The van der Waals surface area contributed by atoms with Crippen LogP contribution in [0.5, 0.6) is 11.5 Å². The molecule has 0 atom stereocenters. The Kier molecular flexibility index (Phi) is 4.95. The smallest absolute Gasteiger partial charge is 0.164 e. The number of ether oxygens (including phenoxy) is 3. The third kappa shape index (κ3) is 3.42. The highest BCUT2D eigenvalue weighted by molar-refractivity contribution is 5.98. The van der Waals surface area contributed by atoms with Crippen LogP contribution in [0.3, 0.4) is 0 Å². The first-order valence-corrected chi connectivity index (χ1v) is 8.03. The number of hydrogen-bond donors (Lipinski definition) is 0. The largest absolute Gasteiger partial charge is 0.486 e. The van der Waals surface area contributed by atoms with Gasteiger partial charge < -0.3 is 14.2 Å². The lowest BCUT2D eigenvalue weighted by Gasteiger charge is -2.26. The molecule has 22 heavy (non-hydrogen) atoms. The molecule has 0 aromatic heterocycles. The van der Waals surface area contributed by atoms with Gasteiger partial charge in [-0.2, -0.15) is 0 Å². The molecule has 2 aliphatic rings.